The molecule has 0 bridgehead atoms. The molecule has 0 fully saturated rings. The molecule has 3 nitrogen and oxygen atoms in total. The van der Waals surface area contributed by atoms with Gasteiger partial charge in [0.15, 0.2) is 0 Å². The number of hydrogen-bond acceptors (Lipinski definition) is 3. The summed E-state index contributed by atoms with van der Waals surface area (Å²) in [5.74, 6) is 0.623. The molecule has 1 aromatic rings. The molecule has 1 heterocycles. The lowest BCUT2D eigenvalue weighted by molar-refractivity contribution is 0.214. The zero-order chi connectivity index (χ0) is 18.1. The molecule has 0 saturated carbocycles. The van der Waals surface area contributed by atoms with Crippen LogP contribution in [0.3, 0.4) is 0 Å². The molecule has 2 rings (SSSR count). The Kier molecular flexibility index (Phi) is 5.59. The van der Waals surface area contributed by atoms with E-state index in [0.717, 1.165) is 16.7 Å². The van der Waals surface area contributed by atoms with Gasteiger partial charge >= 0.3 is 0 Å². The summed E-state index contributed by atoms with van der Waals surface area (Å²) in [6.07, 6.45) is 1.66. The van der Waals surface area contributed by atoms with Crippen LogP contribution >= 0.6 is 0 Å². The van der Waals surface area contributed by atoms with Gasteiger partial charge in [-0.05, 0) is 46.6 Å². The fraction of sp³-hybridized carbons (Fsp3) is 0.500. The Morgan fingerprint density at radius 1 is 0.875 bits per heavy atom. The molecule has 0 spiro atoms. The highest BCUT2D eigenvalue weighted by Gasteiger charge is 2.39. The van der Waals surface area contributed by atoms with E-state index in [1.807, 2.05) is 19.9 Å². The first-order chi connectivity index (χ1) is 11.2. The van der Waals surface area contributed by atoms with E-state index in [0.29, 0.717) is 4.90 Å². The van der Waals surface area contributed by atoms with E-state index in [-0.39, 0.29) is 17.8 Å². The summed E-state index contributed by atoms with van der Waals surface area (Å²) in [5.41, 5.74) is 2.18. The number of ether oxygens (including phenoxy) is 1. The van der Waals surface area contributed by atoms with Crippen LogP contribution in [0.25, 0.3) is 0 Å². The molecular weight excluding hydrogens is 320 g/mol. The van der Waals surface area contributed by atoms with Crippen LogP contribution in [0.15, 0.2) is 58.2 Å². The summed E-state index contributed by atoms with van der Waals surface area (Å²) in [6.45, 7) is 12.5. The Morgan fingerprint density at radius 2 is 1.46 bits per heavy atom. The van der Waals surface area contributed by atoms with Gasteiger partial charge in [0.2, 0.25) is 15.3 Å². The van der Waals surface area contributed by atoms with Gasteiger partial charge in [0.05, 0.1) is 11.2 Å². The van der Waals surface area contributed by atoms with Crippen molar-refractivity contribution in [1.29, 1.82) is 0 Å². The van der Waals surface area contributed by atoms with E-state index in [9.17, 15) is 8.42 Å². The molecule has 1 aromatic carbocycles. The molecule has 0 aromatic heterocycles. The molecule has 1 unspecified atom stereocenters. The van der Waals surface area contributed by atoms with Gasteiger partial charge in [0, 0.05) is 0 Å². The summed E-state index contributed by atoms with van der Waals surface area (Å²) >= 11 is 0. The minimum atomic E-state index is -3.60. The Balaban J connectivity index is 2.65. The number of hydrogen-bond donors (Lipinski definition) is 0. The quantitative estimate of drug-likeness (QED) is 0.755. The third-order valence-corrected chi connectivity index (χ3v) is 6.23. The van der Waals surface area contributed by atoms with E-state index in [1.165, 1.54) is 0 Å². The van der Waals surface area contributed by atoms with Crippen LogP contribution in [0, 0.1) is 17.8 Å². The first kappa shape index (κ1) is 18.8. The molecule has 0 saturated heterocycles. The number of rotatable bonds is 5. The molecule has 0 radical (unpaired) electrons. The summed E-state index contributed by atoms with van der Waals surface area (Å²) in [6, 6.07) is 8.57. The lowest BCUT2D eigenvalue weighted by Gasteiger charge is -2.34. The van der Waals surface area contributed by atoms with E-state index in [2.05, 4.69) is 27.7 Å². The Bertz CT molecular complexity index is 738. The lowest BCUT2D eigenvalue weighted by Crippen LogP contribution is -2.33. The molecule has 0 N–H and O–H groups in total. The summed E-state index contributed by atoms with van der Waals surface area (Å²) in [7, 11) is -3.60. The van der Waals surface area contributed by atoms with Gasteiger partial charge in [-0.1, -0.05) is 59.7 Å². The molecule has 132 valence electrons. The zero-order valence-corrected chi connectivity index (χ0v) is 16.2. The van der Waals surface area contributed by atoms with Crippen LogP contribution in [0.5, 0.6) is 0 Å². The van der Waals surface area contributed by atoms with Crippen molar-refractivity contribution < 1.29 is 13.2 Å². The smallest absolute Gasteiger partial charge is 0.224 e. The molecule has 1 aliphatic rings. The maximum absolute atomic E-state index is 13.2. The molecule has 0 amide bonds. The first-order valence-electron chi connectivity index (χ1n) is 8.56. The highest BCUT2D eigenvalue weighted by molar-refractivity contribution is 7.92. The van der Waals surface area contributed by atoms with Crippen LogP contribution in [-0.4, -0.2) is 13.9 Å². The monoisotopic (exact) mass is 348 g/mol. The molecule has 1 aliphatic heterocycles. The largest absolute Gasteiger partial charge is 0.477 e. The van der Waals surface area contributed by atoms with Crippen LogP contribution < -0.4 is 0 Å². The van der Waals surface area contributed by atoms with Crippen molar-refractivity contribution in [2.75, 3.05) is 0 Å². The van der Waals surface area contributed by atoms with Gasteiger partial charge in [0.25, 0.3) is 0 Å². The Labute approximate surface area is 146 Å². The van der Waals surface area contributed by atoms with E-state index in [4.69, 9.17) is 4.74 Å². The molecule has 4 heteroatoms. The van der Waals surface area contributed by atoms with Gasteiger partial charge < -0.3 is 4.74 Å². The van der Waals surface area contributed by atoms with Crippen molar-refractivity contribution in [3.8, 4) is 0 Å². The average Bonchev–Trinajstić information content (AvgIpc) is 2.53. The van der Waals surface area contributed by atoms with Gasteiger partial charge in [0.1, 0.15) is 0 Å². The van der Waals surface area contributed by atoms with Crippen LogP contribution in [-0.2, 0) is 14.6 Å². The van der Waals surface area contributed by atoms with Crippen LogP contribution in [0.2, 0.25) is 0 Å². The second-order valence-corrected chi connectivity index (χ2v) is 9.22. The minimum absolute atomic E-state index is 0.0911. The minimum Gasteiger partial charge on any atom is -0.477 e. The third-order valence-electron chi connectivity index (χ3n) is 4.37. The fourth-order valence-corrected chi connectivity index (χ4v) is 4.96. The zero-order valence-electron chi connectivity index (χ0n) is 15.4. The first-order valence-corrected chi connectivity index (χ1v) is 10.1. The molecule has 24 heavy (non-hydrogen) atoms. The highest BCUT2D eigenvalue weighted by atomic mass is 32.2. The third kappa shape index (κ3) is 3.44. The number of allylic oxidation sites excluding steroid dienone is 2. The van der Waals surface area contributed by atoms with E-state index in [1.54, 1.807) is 30.5 Å². The summed E-state index contributed by atoms with van der Waals surface area (Å²) in [4.78, 5) is 0.303. The van der Waals surface area contributed by atoms with E-state index >= 15 is 0 Å². The normalized spacial score (nSPS) is 19.0. The average molecular weight is 349 g/mol. The predicted molar refractivity (Wildman–Crippen MR) is 98.1 cm³/mol. The molecule has 1 atom stereocenters. The van der Waals surface area contributed by atoms with Crippen molar-refractivity contribution >= 4 is 9.84 Å². The van der Waals surface area contributed by atoms with Crippen molar-refractivity contribution in [3.63, 3.8) is 0 Å². The van der Waals surface area contributed by atoms with E-state index < -0.39 is 15.3 Å². The second kappa shape index (κ2) is 7.14. The maximum Gasteiger partial charge on any atom is 0.224 e. The molecule has 0 aliphatic carbocycles. The highest BCUT2D eigenvalue weighted by Crippen LogP contribution is 2.40. The summed E-state index contributed by atoms with van der Waals surface area (Å²) in [5, 5.41) is 0. The number of sulfone groups is 1. The van der Waals surface area contributed by atoms with Gasteiger partial charge in [-0.25, -0.2) is 8.42 Å². The Hall–Kier alpha value is -1.55. The van der Waals surface area contributed by atoms with Crippen molar-refractivity contribution in [1.82, 2.24) is 0 Å². The van der Waals surface area contributed by atoms with Crippen molar-refractivity contribution in [3.05, 3.63) is 53.3 Å². The van der Waals surface area contributed by atoms with Crippen molar-refractivity contribution in [2.24, 2.45) is 17.8 Å². The lowest BCUT2D eigenvalue weighted by atomic mass is 9.81. The van der Waals surface area contributed by atoms with Crippen molar-refractivity contribution in [2.45, 2.75) is 51.9 Å². The SMILES string of the molecule is CC(C)C1=COC(S(=O)(=O)c2ccccc2)C(C(C)C)=C1C(C)C. The van der Waals surface area contributed by atoms with Gasteiger partial charge in [-0.15, -0.1) is 0 Å². The molecular formula is C20H28O3S. The van der Waals surface area contributed by atoms with Gasteiger partial charge in [-0.2, -0.15) is 0 Å². The summed E-state index contributed by atoms with van der Waals surface area (Å²) < 4.78 is 32.1. The van der Waals surface area contributed by atoms with Crippen LogP contribution in [0.1, 0.15) is 41.5 Å². The van der Waals surface area contributed by atoms with Crippen LogP contribution in [0.4, 0.5) is 0 Å². The standard InChI is InChI=1S/C20H28O3S/c1-13(2)17-12-23-20(19(15(5)6)18(17)14(3)4)24(21,22)16-10-8-7-9-11-16/h7-15,20H,1-6H3. The predicted octanol–water partition coefficient (Wildman–Crippen LogP) is 4.97. The van der Waals surface area contributed by atoms with Gasteiger partial charge in [-0.3, -0.25) is 0 Å². The number of benzene rings is 1. The topological polar surface area (TPSA) is 43.4 Å². The maximum atomic E-state index is 13.2. The Morgan fingerprint density at radius 3 is 1.92 bits per heavy atom. The second-order valence-electron chi connectivity index (χ2n) is 7.23. The fourth-order valence-electron chi connectivity index (χ4n) is 3.24.